The van der Waals surface area contributed by atoms with Crippen LogP contribution >= 0.6 is 11.6 Å². The van der Waals surface area contributed by atoms with Gasteiger partial charge < -0.3 is 28.4 Å². The molecule has 13 heteroatoms. The van der Waals surface area contributed by atoms with E-state index in [4.69, 9.17) is 35.5 Å². The number of rotatable bonds is 7. The number of aromatic nitrogens is 3. The van der Waals surface area contributed by atoms with Crippen LogP contribution in [0.25, 0.3) is 11.0 Å². The summed E-state index contributed by atoms with van der Waals surface area (Å²) in [6.45, 7) is 5.02. The largest absolute Gasteiger partial charge is 0.465 e. The number of ether oxygens (including phenoxy) is 4. The molecule has 8 rings (SSSR count). The summed E-state index contributed by atoms with van der Waals surface area (Å²) in [4.78, 5) is 26.2. The molecular formula is C34H32ClFN6O5. The van der Waals surface area contributed by atoms with Crippen molar-refractivity contribution in [3.63, 3.8) is 0 Å². The van der Waals surface area contributed by atoms with Crippen molar-refractivity contribution in [1.29, 1.82) is 5.26 Å². The fourth-order valence-electron chi connectivity index (χ4n) is 7.03. The molecule has 1 saturated carbocycles. The predicted molar refractivity (Wildman–Crippen MR) is 169 cm³/mol. The molecule has 5 heterocycles. The molecule has 0 unspecified atom stereocenters. The molecular weight excluding hydrogens is 627 g/mol. The second kappa shape index (κ2) is 11.1. The molecule has 4 aliphatic rings. The van der Waals surface area contributed by atoms with E-state index in [1.54, 1.807) is 24.4 Å². The van der Waals surface area contributed by atoms with Crippen LogP contribution in [0.5, 0.6) is 11.5 Å². The number of carbonyl (C=O) groups is 1. The lowest BCUT2D eigenvalue weighted by atomic mass is 10.0. The van der Waals surface area contributed by atoms with Gasteiger partial charge in [-0.3, -0.25) is 9.88 Å². The van der Waals surface area contributed by atoms with E-state index in [0.29, 0.717) is 72.9 Å². The Balaban J connectivity index is 1.09. The van der Waals surface area contributed by atoms with E-state index in [-0.39, 0.29) is 23.2 Å². The Morgan fingerprint density at radius 1 is 1.17 bits per heavy atom. The molecule has 3 aliphatic heterocycles. The number of halogens is 2. The van der Waals surface area contributed by atoms with Gasteiger partial charge in [0.15, 0.2) is 17.3 Å². The normalized spacial score (nSPS) is 24.3. The molecule has 3 atom stereocenters. The summed E-state index contributed by atoms with van der Waals surface area (Å²) in [6, 6.07) is 14.7. The molecule has 0 radical (unpaired) electrons. The van der Waals surface area contributed by atoms with E-state index in [1.807, 2.05) is 29.7 Å². The molecule has 47 heavy (non-hydrogen) atoms. The predicted octanol–water partition coefficient (Wildman–Crippen LogP) is 5.05. The van der Waals surface area contributed by atoms with Crippen LogP contribution in [-0.4, -0.2) is 70.9 Å². The number of methoxy groups -OCH3 is 1. The lowest BCUT2D eigenvalue weighted by Crippen LogP contribution is -2.59. The summed E-state index contributed by atoms with van der Waals surface area (Å²) >= 11 is 6.07. The van der Waals surface area contributed by atoms with Crippen molar-refractivity contribution in [2.75, 3.05) is 38.3 Å². The first-order chi connectivity index (χ1) is 22.7. The summed E-state index contributed by atoms with van der Waals surface area (Å²) in [5, 5.41) is 10.4. The van der Waals surface area contributed by atoms with Crippen LogP contribution in [0, 0.1) is 22.6 Å². The molecule has 2 saturated heterocycles. The monoisotopic (exact) mass is 658 g/mol. The Labute approximate surface area is 275 Å². The Morgan fingerprint density at radius 2 is 2.00 bits per heavy atom. The number of nitrogens with zero attached hydrogens (tertiary/aromatic N) is 6. The first-order valence-electron chi connectivity index (χ1n) is 15.6. The maximum atomic E-state index is 15.4. The van der Waals surface area contributed by atoms with Gasteiger partial charge in [0.25, 0.3) is 5.79 Å². The summed E-state index contributed by atoms with van der Waals surface area (Å²) in [7, 11) is 1.26. The van der Waals surface area contributed by atoms with E-state index in [1.165, 1.54) is 7.11 Å². The fourth-order valence-corrected chi connectivity index (χ4v) is 7.14. The van der Waals surface area contributed by atoms with Gasteiger partial charge in [-0.2, -0.15) is 5.26 Å². The van der Waals surface area contributed by atoms with Crippen molar-refractivity contribution < 1.29 is 28.1 Å². The second-order valence-corrected chi connectivity index (χ2v) is 13.2. The van der Waals surface area contributed by atoms with E-state index in [9.17, 15) is 10.1 Å². The highest BCUT2D eigenvalue weighted by atomic mass is 35.5. The molecule has 0 amide bonds. The molecule has 3 fully saturated rings. The average Bonchev–Trinajstić information content (AvgIpc) is 3.34. The van der Waals surface area contributed by atoms with Crippen LogP contribution in [0.2, 0.25) is 5.02 Å². The van der Waals surface area contributed by atoms with E-state index in [0.717, 1.165) is 24.6 Å². The first-order valence-corrected chi connectivity index (χ1v) is 16.0. The Morgan fingerprint density at radius 3 is 2.74 bits per heavy atom. The molecule has 4 aromatic rings. The fraction of sp³-hybridized carbons (Fsp3) is 0.412. The quantitative estimate of drug-likeness (QED) is 0.250. The van der Waals surface area contributed by atoms with Crippen LogP contribution in [0.3, 0.4) is 0 Å². The maximum Gasteiger partial charge on any atom is 0.338 e. The third-order valence-electron chi connectivity index (χ3n) is 9.78. The minimum absolute atomic E-state index is 0.00809. The van der Waals surface area contributed by atoms with Gasteiger partial charge in [0.1, 0.15) is 17.0 Å². The number of hydrogen-bond donors (Lipinski definition) is 0. The van der Waals surface area contributed by atoms with Gasteiger partial charge in [-0.1, -0.05) is 17.7 Å². The van der Waals surface area contributed by atoms with Crippen molar-refractivity contribution >= 4 is 34.3 Å². The van der Waals surface area contributed by atoms with Gasteiger partial charge in [-0.05, 0) is 49.2 Å². The highest BCUT2D eigenvalue weighted by Crippen LogP contribution is 2.50. The number of imidazole rings is 1. The van der Waals surface area contributed by atoms with Crippen LogP contribution in [-0.2, 0) is 28.4 Å². The molecule has 2 aromatic carbocycles. The van der Waals surface area contributed by atoms with Gasteiger partial charge in [0, 0.05) is 32.8 Å². The summed E-state index contributed by atoms with van der Waals surface area (Å²) in [5.41, 5.74) is 1.76. The number of fused-ring (bicyclic) bond motifs is 3. The molecule has 0 spiro atoms. The molecule has 11 nitrogen and oxygen atoms in total. The topological polar surface area (TPSA) is 115 Å². The Bertz CT molecular complexity index is 1940. The van der Waals surface area contributed by atoms with E-state index in [2.05, 4.69) is 20.9 Å². The van der Waals surface area contributed by atoms with Crippen molar-refractivity contribution in [1.82, 2.24) is 19.4 Å². The molecule has 0 N–H and O–H groups in total. The number of hydrogen-bond acceptors (Lipinski definition) is 10. The van der Waals surface area contributed by atoms with E-state index < -0.39 is 23.0 Å². The van der Waals surface area contributed by atoms with Crippen molar-refractivity contribution in [2.45, 2.75) is 50.7 Å². The minimum atomic E-state index is -1.11. The van der Waals surface area contributed by atoms with Gasteiger partial charge in [0.05, 0.1) is 72.2 Å². The standard InChI is InChI=1S/C34H32ClFN6O5/c1-33(28-7-6-21(35)14-38-28)46-27-5-3-4-23(31(27)47-33)41-11-10-40(25-16-45-17-26(25)41)15-29-39-30-22(36)12-20(32(43)44-2)13-24(30)42(29)19-34(18-37)8-9-34/h3-7,12-14,25-26H,8-11,15-17,19H2,1-2H3/t25-,26+,33-/m0/s1. The van der Waals surface area contributed by atoms with Crippen LogP contribution in [0.15, 0.2) is 48.7 Å². The highest BCUT2D eigenvalue weighted by molar-refractivity contribution is 6.30. The van der Waals surface area contributed by atoms with Crippen molar-refractivity contribution in [2.24, 2.45) is 5.41 Å². The number of esters is 1. The van der Waals surface area contributed by atoms with Crippen LogP contribution in [0.1, 0.15) is 41.6 Å². The average molecular weight is 659 g/mol. The van der Waals surface area contributed by atoms with Crippen molar-refractivity contribution in [3.8, 4) is 17.6 Å². The zero-order chi connectivity index (χ0) is 32.5. The summed E-state index contributed by atoms with van der Waals surface area (Å²) < 4.78 is 41.0. The molecule has 2 aromatic heterocycles. The highest BCUT2D eigenvalue weighted by Gasteiger charge is 2.47. The maximum absolute atomic E-state index is 15.4. The number of benzene rings is 2. The summed E-state index contributed by atoms with van der Waals surface area (Å²) in [6.07, 6.45) is 3.10. The number of anilines is 1. The SMILES string of the molecule is COC(=O)c1cc(F)c2nc(CN3CCN(c4cccc5c4O[C@@](C)(c4ccc(Cl)cn4)O5)[C@@H]4COC[C@@H]43)n(CC3(C#N)CC3)c2c1. The van der Waals surface area contributed by atoms with Crippen LogP contribution in [0.4, 0.5) is 10.1 Å². The molecule has 1 aliphatic carbocycles. The zero-order valence-electron chi connectivity index (χ0n) is 25.9. The zero-order valence-corrected chi connectivity index (χ0v) is 26.7. The number of nitriles is 1. The molecule has 242 valence electrons. The Kier molecular flexibility index (Phi) is 7.05. The van der Waals surface area contributed by atoms with Gasteiger partial charge >= 0.3 is 5.97 Å². The lowest BCUT2D eigenvalue weighted by Gasteiger charge is -2.44. The minimum Gasteiger partial charge on any atom is -0.465 e. The number of para-hydroxylation sites is 1. The number of piperazine rings is 1. The summed E-state index contributed by atoms with van der Waals surface area (Å²) in [5.74, 6) is -0.414. The molecule has 0 bridgehead atoms. The number of carbonyl (C=O) groups excluding carboxylic acids is 1. The van der Waals surface area contributed by atoms with Gasteiger partial charge in [0.2, 0.25) is 0 Å². The number of pyridine rings is 1. The van der Waals surface area contributed by atoms with Crippen LogP contribution < -0.4 is 14.4 Å². The third kappa shape index (κ3) is 5.04. The smallest absolute Gasteiger partial charge is 0.338 e. The third-order valence-corrected chi connectivity index (χ3v) is 10.0. The van der Waals surface area contributed by atoms with Gasteiger partial charge in [-0.15, -0.1) is 0 Å². The Hall–Kier alpha value is -4.44. The lowest BCUT2D eigenvalue weighted by molar-refractivity contribution is -0.0716. The van der Waals surface area contributed by atoms with Crippen molar-refractivity contribution in [3.05, 3.63) is 76.6 Å². The second-order valence-electron chi connectivity index (χ2n) is 12.8. The first kappa shape index (κ1) is 29.9. The van der Waals surface area contributed by atoms with E-state index >= 15 is 4.39 Å². The van der Waals surface area contributed by atoms with Gasteiger partial charge in [-0.25, -0.2) is 14.2 Å².